The Morgan fingerprint density at radius 2 is 2.31 bits per heavy atom. The molecule has 7 heteroatoms. The monoisotopic (exact) mass is 258 g/mol. The number of thioether (sulfide) groups is 1. The van der Waals surface area contributed by atoms with Gasteiger partial charge in [0.1, 0.15) is 0 Å². The zero-order valence-corrected chi connectivity index (χ0v) is 10.8. The molecule has 1 aliphatic carbocycles. The van der Waals surface area contributed by atoms with Crippen molar-refractivity contribution in [2.24, 2.45) is 0 Å². The van der Waals surface area contributed by atoms with Crippen LogP contribution in [-0.4, -0.2) is 34.4 Å². The topological polar surface area (TPSA) is 66.9 Å². The van der Waals surface area contributed by atoms with E-state index in [0.29, 0.717) is 6.04 Å². The van der Waals surface area contributed by atoms with Crippen LogP contribution in [0.1, 0.15) is 19.8 Å². The van der Waals surface area contributed by atoms with Gasteiger partial charge in [0.15, 0.2) is 4.34 Å². The van der Waals surface area contributed by atoms with Crippen LogP contribution in [0.5, 0.6) is 0 Å². The van der Waals surface area contributed by atoms with Gasteiger partial charge in [-0.05, 0) is 19.8 Å². The molecule has 16 heavy (non-hydrogen) atoms. The number of amides is 1. The van der Waals surface area contributed by atoms with Crippen LogP contribution in [0.2, 0.25) is 0 Å². The highest BCUT2D eigenvalue weighted by Gasteiger charge is 2.23. The molecule has 1 aliphatic rings. The Kier molecular flexibility index (Phi) is 3.65. The van der Waals surface area contributed by atoms with E-state index in [9.17, 15) is 4.79 Å². The summed E-state index contributed by atoms with van der Waals surface area (Å²) in [4.78, 5) is 11.3. The number of rotatable bonds is 5. The number of aromatic nitrogens is 2. The average Bonchev–Trinajstić information content (AvgIpc) is 2.97. The fraction of sp³-hybridized carbons (Fsp3) is 0.667. The Morgan fingerprint density at radius 3 is 2.94 bits per heavy atom. The van der Waals surface area contributed by atoms with Crippen LogP contribution in [0.3, 0.4) is 0 Å². The lowest BCUT2D eigenvalue weighted by Gasteiger charge is -2.05. The first kappa shape index (κ1) is 11.7. The molecule has 2 N–H and O–H groups in total. The number of carbonyl (C=O) groups excluding carboxylic acids is 1. The smallest absolute Gasteiger partial charge is 0.233 e. The fourth-order valence-corrected chi connectivity index (χ4v) is 3.16. The van der Waals surface area contributed by atoms with Gasteiger partial charge in [0.05, 0.1) is 5.25 Å². The Bertz CT molecular complexity index is 377. The van der Waals surface area contributed by atoms with Gasteiger partial charge >= 0.3 is 0 Å². The highest BCUT2D eigenvalue weighted by molar-refractivity contribution is 8.02. The molecule has 0 saturated heterocycles. The maximum absolute atomic E-state index is 11.3. The second-order valence-electron chi connectivity index (χ2n) is 3.67. The number of anilines is 1. The van der Waals surface area contributed by atoms with E-state index in [0.717, 1.165) is 9.47 Å². The van der Waals surface area contributed by atoms with Crippen molar-refractivity contribution >= 4 is 34.1 Å². The SMILES string of the molecule is CNC(=O)[C@@H](C)Sc1nnc(NC2CC2)s1. The number of nitrogens with one attached hydrogen (secondary N) is 2. The van der Waals surface area contributed by atoms with Crippen LogP contribution >= 0.6 is 23.1 Å². The van der Waals surface area contributed by atoms with Crippen molar-refractivity contribution in [1.82, 2.24) is 15.5 Å². The molecule has 2 rings (SSSR count). The Morgan fingerprint density at radius 1 is 1.56 bits per heavy atom. The van der Waals surface area contributed by atoms with Crippen molar-refractivity contribution in [2.45, 2.75) is 35.4 Å². The van der Waals surface area contributed by atoms with Gasteiger partial charge in [-0.15, -0.1) is 10.2 Å². The van der Waals surface area contributed by atoms with E-state index >= 15 is 0 Å². The van der Waals surface area contributed by atoms with Crippen molar-refractivity contribution in [2.75, 3.05) is 12.4 Å². The molecular formula is C9H14N4OS2. The van der Waals surface area contributed by atoms with Crippen molar-refractivity contribution in [1.29, 1.82) is 0 Å². The molecule has 1 amide bonds. The third-order valence-corrected chi connectivity index (χ3v) is 4.24. The molecule has 1 saturated carbocycles. The molecule has 1 heterocycles. The maximum Gasteiger partial charge on any atom is 0.233 e. The van der Waals surface area contributed by atoms with Gasteiger partial charge < -0.3 is 10.6 Å². The first-order valence-electron chi connectivity index (χ1n) is 5.17. The minimum atomic E-state index is -0.133. The summed E-state index contributed by atoms with van der Waals surface area (Å²) in [6.45, 7) is 1.86. The Hall–Kier alpha value is -0.820. The number of hydrogen-bond donors (Lipinski definition) is 2. The average molecular weight is 258 g/mol. The third kappa shape index (κ3) is 3.08. The summed E-state index contributed by atoms with van der Waals surface area (Å²) < 4.78 is 0.833. The van der Waals surface area contributed by atoms with Crippen molar-refractivity contribution in [3.05, 3.63) is 0 Å². The van der Waals surface area contributed by atoms with E-state index < -0.39 is 0 Å². The third-order valence-electron chi connectivity index (χ3n) is 2.20. The van der Waals surface area contributed by atoms with E-state index in [1.165, 1.54) is 35.9 Å². The van der Waals surface area contributed by atoms with Crippen LogP contribution in [0.4, 0.5) is 5.13 Å². The molecular weight excluding hydrogens is 244 g/mol. The predicted molar refractivity (Wildman–Crippen MR) is 65.9 cm³/mol. The quantitative estimate of drug-likeness (QED) is 0.780. The molecule has 0 unspecified atom stereocenters. The summed E-state index contributed by atoms with van der Waals surface area (Å²) >= 11 is 2.94. The lowest BCUT2D eigenvalue weighted by atomic mass is 10.4. The van der Waals surface area contributed by atoms with Crippen LogP contribution < -0.4 is 10.6 Å². The summed E-state index contributed by atoms with van der Waals surface area (Å²) in [5.74, 6) is 0.0110. The molecule has 0 bridgehead atoms. The second-order valence-corrected chi connectivity index (χ2v) is 6.23. The fourth-order valence-electron chi connectivity index (χ4n) is 1.13. The van der Waals surface area contributed by atoms with E-state index in [1.807, 2.05) is 6.92 Å². The Balaban J connectivity index is 1.88. The molecule has 5 nitrogen and oxygen atoms in total. The zero-order chi connectivity index (χ0) is 11.5. The molecule has 0 aliphatic heterocycles. The Labute approximate surface area is 102 Å². The van der Waals surface area contributed by atoms with Gasteiger partial charge in [0, 0.05) is 13.1 Å². The van der Waals surface area contributed by atoms with E-state index in [2.05, 4.69) is 20.8 Å². The maximum atomic E-state index is 11.3. The van der Waals surface area contributed by atoms with E-state index in [1.54, 1.807) is 7.05 Å². The van der Waals surface area contributed by atoms with Gasteiger partial charge in [-0.1, -0.05) is 23.1 Å². The summed E-state index contributed by atoms with van der Waals surface area (Å²) in [6, 6.07) is 0.585. The van der Waals surface area contributed by atoms with Gasteiger partial charge in [0.2, 0.25) is 11.0 Å². The molecule has 1 aromatic heterocycles. The predicted octanol–water partition coefficient (Wildman–Crippen LogP) is 1.34. The van der Waals surface area contributed by atoms with Crippen LogP contribution in [-0.2, 0) is 4.79 Å². The van der Waals surface area contributed by atoms with Crippen molar-refractivity contribution in [3.8, 4) is 0 Å². The second kappa shape index (κ2) is 5.01. The van der Waals surface area contributed by atoms with Gasteiger partial charge in [-0.3, -0.25) is 4.79 Å². The highest BCUT2D eigenvalue weighted by atomic mass is 32.2. The molecule has 1 aromatic rings. The number of hydrogen-bond acceptors (Lipinski definition) is 6. The van der Waals surface area contributed by atoms with Gasteiger partial charge in [-0.2, -0.15) is 0 Å². The molecule has 0 aromatic carbocycles. The molecule has 0 spiro atoms. The first-order valence-corrected chi connectivity index (χ1v) is 6.87. The van der Waals surface area contributed by atoms with Crippen LogP contribution in [0.15, 0.2) is 4.34 Å². The molecule has 1 fully saturated rings. The van der Waals surface area contributed by atoms with Crippen LogP contribution in [0, 0.1) is 0 Å². The molecule has 0 radical (unpaired) electrons. The van der Waals surface area contributed by atoms with Crippen LogP contribution in [0.25, 0.3) is 0 Å². The molecule has 1 atom stereocenters. The van der Waals surface area contributed by atoms with Gasteiger partial charge in [-0.25, -0.2) is 0 Å². The van der Waals surface area contributed by atoms with Crippen molar-refractivity contribution in [3.63, 3.8) is 0 Å². The zero-order valence-electron chi connectivity index (χ0n) is 9.19. The highest BCUT2D eigenvalue weighted by Crippen LogP contribution is 2.31. The lowest BCUT2D eigenvalue weighted by molar-refractivity contribution is -0.119. The summed E-state index contributed by atoms with van der Waals surface area (Å²) in [6.07, 6.45) is 2.44. The van der Waals surface area contributed by atoms with E-state index in [-0.39, 0.29) is 11.2 Å². The summed E-state index contributed by atoms with van der Waals surface area (Å²) in [5, 5.41) is 14.7. The van der Waals surface area contributed by atoms with Gasteiger partial charge in [0.25, 0.3) is 0 Å². The standard InChI is InChI=1S/C9H14N4OS2/c1-5(7(14)10-2)15-9-13-12-8(16-9)11-6-3-4-6/h5-6H,3-4H2,1-2H3,(H,10,14)(H,11,12)/t5-/m1/s1. The first-order chi connectivity index (χ1) is 7.69. The van der Waals surface area contributed by atoms with Crippen molar-refractivity contribution < 1.29 is 4.79 Å². The van der Waals surface area contributed by atoms with E-state index in [4.69, 9.17) is 0 Å². The number of carbonyl (C=O) groups is 1. The summed E-state index contributed by atoms with van der Waals surface area (Å²) in [5.41, 5.74) is 0. The summed E-state index contributed by atoms with van der Waals surface area (Å²) in [7, 11) is 1.64. The largest absolute Gasteiger partial charge is 0.358 e. The normalized spacial score (nSPS) is 16.9. The lowest BCUT2D eigenvalue weighted by Crippen LogP contribution is -2.27. The minimum Gasteiger partial charge on any atom is -0.358 e. The molecule has 88 valence electrons. The minimum absolute atomic E-state index is 0.0110. The number of nitrogens with zero attached hydrogens (tertiary/aromatic N) is 2.